The van der Waals surface area contributed by atoms with Crippen LogP contribution in [0.25, 0.3) is 10.9 Å². The Balaban J connectivity index is 2.23. The summed E-state index contributed by atoms with van der Waals surface area (Å²) >= 11 is 3.53. The van der Waals surface area contributed by atoms with E-state index in [4.69, 9.17) is 10.5 Å². The average Bonchev–Trinajstić information content (AvgIpc) is 2.39. The van der Waals surface area contributed by atoms with E-state index in [1.807, 2.05) is 12.1 Å². The van der Waals surface area contributed by atoms with Gasteiger partial charge >= 0.3 is 0 Å². The maximum atomic E-state index is 6.23. The third-order valence-corrected chi connectivity index (χ3v) is 4.24. The van der Waals surface area contributed by atoms with Gasteiger partial charge in [0.15, 0.2) is 0 Å². The molecule has 1 aromatic heterocycles. The van der Waals surface area contributed by atoms with Gasteiger partial charge in [-0.25, -0.2) is 0 Å². The predicted octanol–water partition coefficient (Wildman–Crippen LogP) is 3.19. The largest absolute Gasteiger partial charge is 0.396 e. The van der Waals surface area contributed by atoms with Crippen LogP contribution in [0.1, 0.15) is 13.8 Å². The summed E-state index contributed by atoms with van der Waals surface area (Å²) in [5, 5.41) is 1.08. The predicted molar refractivity (Wildman–Crippen MR) is 86.1 cm³/mol. The third kappa shape index (κ3) is 2.25. The zero-order chi connectivity index (χ0) is 14.3. The monoisotopic (exact) mass is 335 g/mol. The van der Waals surface area contributed by atoms with Crippen molar-refractivity contribution in [2.45, 2.75) is 19.4 Å². The molecule has 0 amide bonds. The van der Waals surface area contributed by atoms with E-state index in [1.54, 1.807) is 6.20 Å². The van der Waals surface area contributed by atoms with Crippen molar-refractivity contribution in [3.05, 3.63) is 28.9 Å². The standard InChI is InChI=1S/C15H18BrN3O/c1-15(2)9-20-6-5-19(15)14-11-7-10(16)3-4-13(11)18-8-12(14)17/h3-4,7-8H,5-6,9,17H2,1-2H3. The minimum absolute atomic E-state index is 0.0804. The number of nitrogen functional groups attached to an aromatic ring is 1. The summed E-state index contributed by atoms with van der Waals surface area (Å²) in [4.78, 5) is 6.76. The normalized spacial score (nSPS) is 18.4. The molecule has 1 saturated heterocycles. The van der Waals surface area contributed by atoms with Gasteiger partial charge in [-0.3, -0.25) is 4.98 Å². The van der Waals surface area contributed by atoms with E-state index in [1.165, 1.54) is 0 Å². The lowest BCUT2D eigenvalue weighted by Gasteiger charge is -2.44. The number of nitrogens with two attached hydrogens (primary N) is 1. The van der Waals surface area contributed by atoms with Crippen molar-refractivity contribution in [2.24, 2.45) is 0 Å². The van der Waals surface area contributed by atoms with E-state index in [0.29, 0.717) is 12.3 Å². The minimum atomic E-state index is -0.0804. The second-order valence-electron chi connectivity index (χ2n) is 5.74. The highest BCUT2D eigenvalue weighted by atomic mass is 79.9. The van der Waals surface area contributed by atoms with Gasteiger partial charge < -0.3 is 15.4 Å². The van der Waals surface area contributed by atoms with Gasteiger partial charge in [-0.05, 0) is 32.0 Å². The molecule has 0 saturated carbocycles. The molecule has 0 aliphatic carbocycles. The lowest BCUT2D eigenvalue weighted by Crippen LogP contribution is -2.53. The van der Waals surface area contributed by atoms with Crippen molar-refractivity contribution in [2.75, 3.05) is 30.4 Å². The first-order chi connectivity index (χ1) is 9.49. The van der Waals surface area contributed by atoms with Crippen LogP contribution in [0.15, 0.2) is 28.9 Å². The third-order valence-electron chi connectivity index (χ3n) is 3.75. The zero-order valence-electron chi connectivity index (χ0n) is 11.7. The smallest absolute Gasteiger partial charge is 0.0745 e. The van der Waals surface area contributed by atoms with Crippen molar-refractivity contribution in [1.82, 2.24) is 4.98 Å². The van der Waals surface area contributed by atoms with Gasteiger partial charge in [0.25, 0.3) is 0 Å². The summed E-state index contributed by atoms with van der Waals surface area (Å²) in [6.07, 6.45) is 1.75. The van der Waals surface area contributed by atoms with Crippen LogP contribution in [0.3, 0.4) is 0 Å². The number of pyridine rings is 1. The van der Waals surface area contributed by atoms with Crippen LogP contribution in [0, 0.1) is 0 Å². The molecule has 106 valence electrons. The first kappa shape index (κ1) is 13.6. The number of aromatic nitrogens is 1. The molecule has 1 fully saturated rings. The first-order valence-electron chi connectivity index (χ1n) is 6.68. The van der Waals surface area contributed by atoms with Crippen LogP contribution in [0.2, 0.25) is 0 Å². The number of rotatable bonds is 1. The fraction of sp³-hybridized carbons (Fsp3) is 0.400. The first-order valence-corrected chi connectivity index (χ1v) is 7.47. The number of nitrogens with zero attached hydrogens (tertiary/aromatic N) is 2. The van der Waals surface area contributed by atoms with Gasteiger partial charge in [0.2, 0.25) is 0 Å². The summed E-state index contributed by atoms with van der Waals surface area (Å²) in [6.45, 7) is 6.61. The van der Waals surface area contributed by atoms with Gasteiger partial charge in [-0.1, -0.05) is 15.9 Å². The van der Waals surface area contributed by atoms with Crippen molar-refractivity contribution in [3.63, 3.8) is 0 Å². The fourth-order valence-corrected chi connectivity index (χ4v) is 3.10. The van der Waals surface area contributed by atoms with E-state index in [2.05, 4.69) is 45.7 Å². The maximum Gasteiger partial charge on any atom is 0.0745 e. The summed E-state index contributed by atoms with van der Waals surface area (Å²) in [5.74, 6) is 0. The Morgan fingerprint density at radius 2 is 2.20 bits per heavy atom. The molecule has 0 atom stereocenters. The number of hydrogen-bond acceptors (Lipinski definition) is 4. The van der Waals surface area contributed by atoms with Crippen molar-refractivity contribution >= 4 is 38.2 Å². The molecule has 0 radical (unpaired) electrons. The minimum Gasteiger partial charge on any atom is -0.396 e. The van der Waals surface area contributed by atoms with Crippen LogP contribution in [-0.2, 0) is 4.74 Å². The van der Waals surface area contributed by atoms with E-state index in [0.717, 1.165) is 34.2 Å². The number of halogens is 1. The van der Waals surface area contributed by atoms with Crippen molar-refractivity contribution < 1.29 is 4.74 Å². The zero-order valence-corrected chi connectivity index (χ0v) is 13.3. The Morgan fingerprint density at radius 3 is 2.95 bits per heavy atom. The van der Waals surface area contributed by atoms with Gasteiger partial charge in [0.05, 0.1) is 41.8 Å². The number of fused-ring (bicyclic) bond motifs is 1. The number of morpholine rings is 1. The Morgan fingerprint density at radius 1 is 1.40 bits per heavy atom. The second kappa shape index (κ2) is 4.90. The lowest BCUT2D eigenvalue weighted by atomic mass is 9.99. The summed E-state index contributed by atoms with van der Waals surface area (Å²) in [5.41, 5.74) is 8.88. The molecule has 2 N–H and O–H groups in total. The van der Waals surface area contributed by atoms with Gasteiger partial charge in [0.1, 0.15) is 0 Å². The number of anilines is 2. The molecular weight excluding hydrogens is 318 g/mol. The molecule has 1 aliphatic heterocycles. The van der Waals surface area contributed by atoms with E-state index >= 15 is 0 Å². The lowest BCUT2D eigenvalue weighted by molar-refractivity contribution is 0.0646. The molecule has 20 heavy (non-hydrogen) atoms. The fourth-order valence-electron chi connectivity index (χ4n) is 2.74. The van der Waals surface area contributed by atoms with Crippen LogP contribution >= 0.6 is 15.9 Å². The quantitative estimate of drug-likeness (QED) is 0.869. The molecule has 4 nitrogen and oxygen atoms in total. The Labute approximate surface area is 127 Å². The van der Waals surface area contributed by atoms with Gasteiger partial charge in [-0.2, -0.15) is 0 Å². The van der Waals surface area contributed by atoms with Gasteiger partial charge in [-0.15, -0.1) is 0 Å². The summed E-state index contributed by atoms with van der Waals surface area (Å²) in [6, 6.07) is 6.09. The maximum absolute atomic E-state index is 6.23. The SMILES string of the molecule is CC1(C)COCCN1c1c(N)cnc2ccc(Br)cc12. The molecule has 2 aromatic rings. The number of hydrogen-bond donors (Lipinski definition) is 1. The van der Waals surface area contributed by atoms with Crippen LogP contribution in [-0.4, -0.2) is 30.3 Å². The molecular formula is C15H18BrN3O. The Hall–Kier alpha value is -1.33. The van der Waals surface area contributed by atoms with E-state index in [-0.39, 0.29) is 5.54 Å². The highest BCUT2D eigenvalue weighted by molar-refractivity contribution is 9.10. The number of benzene rings is 1. The molecule has 3 rings (SSSR count). The Bertz CT molecular complexity index is 652. The van der Waals surface area contributed by atoms with Crippen molar-refractivity contribution in [3.8, 4) is 0 Å². The Kier molecular flexibility index (Phi) is 3.34. The van der Waals surface area contributed by atoms with Crippen LogP contribution in [0.4, 0.5) is 11.4 Å². The molecule has 0 spiro atoms. The highest BCUT2D eigenvalue weighted by Gasteiger charge is 2.32. The van der Waals surface area contributed by atoms with E-state index in [9.17, 15) is 0 Å². The summed E-state index contributed by atoms with van der Waals surface area (Å²) < 4.78 is 6.64. The van der Waals surface area contributed by atoms with Crippen LogP contribution in [0.5, 0.6) is 0 Å². The topological polar surface area (TPSA) is 51.4 Å². The highest BCUT2D eigenvalue weighted by Crippen LogP contribution is 2.37. The summed E-state index contributed by atoms with van der Waals surface area (Å²) in [7, 11) is 0. The molecule has 5 heteroatoms. The molecule has 0 unspecified atom stereocenters. The molecule has 1 aliphatic rings. The molecule has 1 aromatic carbocycles. The second-order valence-corrected chi connectivity index (χ2v) is 6.66. The number of ether oxygens (including phenoxy) is 1. The molecule has 2 heterocycles. The average molecular weight is 336 g/mol. The van der Waals surface area contributed by atoms with Crippen LogP contribution < -0.4 is 10.6 Å². The van der Waals surface area contributed by atoms with Gasteiger partial charge in [0, 0.05) is 16.4 Å². The van der Waals surface area contributed by atoms with Crippen molar-refractivity contribution in [1.29, 1.82) is 0 Å². The molecule has 0 bridgehead atoms. The van der Waals surface area contributed by atoms with E-state index < -0.39 is 0 Å².